The van der Waals surface area contributed by atoms with Crippen LogP contribution >= 0.6 is 24.2 Å². The summed E-state index contributed by atoms with van der Waals surface area (Å²) in [6, 6.07) is 5.40. The first-order valence-electron chi connectivity index (χ1n) is 4.04. The van der Waals surface area contributed by atoms with E-state index in [4.69, 9.17) is 16.3 Å². The Morgan fingerprint density at radius 2 is 2.29 bits per heavy atom. The van der Waals surface area contributed by atoms with Crippen LogP contribution in [-0.2, 0) is 0 Å². The summed E-state index contributed by atoms with van der Waals surface area (Å²) < 4.78 is 5.19. The van der Waals surface area contributed by atoms with Crippen LogP contribution in [0.3, 0.4) is 0 Å². The lowest BCUT2D eigenvalue weighted by molar-refractivity contribution is 0.414. The number of rotatable bonds is 3. The zero-order valence-corrected chi connectivity index (χ0v) is 9.48. The van der Waals surface area contributed by atoms with Crippen LogP contribution in [0, 0.1) is 0 Å². The Bertz CT molecular complexity index is 372. The molecule has 0 aliphatic carbocycles. The van der Waals surface area contributed by atoms with Crippen molar-refractivity contribution in [1.82, 2.24) is 0 Å². The molecule has 1 aromatic rings. The van der Waals surface area contributed by atoms with Gasteiger partial charge in [0.1, 0.15) is 5.75 Å². The number of hydrogen-bond donors (Lipinski definition) is 1. The number of hydrogen-bond acceptors (Lipinski definition) is 2. The summed E-state index contributed by atoms with van der Waals surface area (Å²) in [6.45, 7) is 3.61. The summed E-state index contributed by atoms with van der Waals surface area (Å²) in [4.78, 5) is 0.777. The lowest BCUT2D eigenvalue weighted by atomic mass is 10.2. The molecule has 1 rings (SSSR count). The molecule has 0 amide bonds. The van der Waals surface area contributed by atoms with E-state index in [1.807, 2.05) is 12.1 Å². The van der Waals surface area contributed by atoms with Gasteiger partial charge in [-0.15, -0.1) is 12.6 Å². The average molecular weight is 227 g/mol. The predicted molar refractivity (Wildman–Crippen MR) is 65.2 cm³/mol. The molecule has 74 valence electrons. The monoisotopic (exact) mass is 226 g/mol. The number of ether oxygens (including phenoxy) is 1. The standard InChI is InChI=1S/C11H11ClOS/c1-3-4-11(14)9-7-8(12)5-6-10(9)13-2/h3-7,14H,1H2,2H3/b11-4-. The van der Waals surface area contributed by atoms with E-state index in [2.05, 4.69) is 19.2 Å². The molecule has 1 aromatic carbocycles. The molecule has 0 atom stereocenters. The smallest absolute Gasteiger partial charge is 0.127 e. The van der Waals surface area contributed by atoms with Crippen molar-refractivity contribution in [2.24, 2.45) is 0 Å². The summed E-state index contributed by atoms with van der Waals surface area (Å²) in [5, 5.41) is 0.657. The van der Waals surface area contributed by atoms with E-state index < -0.39 is 0 Å². The Morgan fingerprint density at radius 3 is 2.86 bits per heavy atom. The highest BCUT2D eigenvalue weighted by Gasteiger charge is 2.05. The van der Waals surface area contributed by atoms with Crippen LogP contribution in [0.25, 0.3) is 4.91 Å². The number of allylic oxidation sites excluding steroid dienone is 2. The zero-order valence-electron chi connectivity index (χ0n) is 7.83. The third-order valence-electron chi connectivity index (χ3n) is 1.71. The molecule has 0 spiro atoms. The quantitative estimate of drug-likeness (QED) is 0.609. The van der Waals surface area contributed by atoms with E-state index in [0.717, 1.165) is 16.2 Å². The van der Waals surface area contributed by atoms with Gasteiger partial charge in [0, 0.05) is 15.5 Å². The summed E-state index contributed by atoms with van der Waals surface area (Å²) in [6.07, 6.45) is 3.46. The first-order valence-corrected chi connectivity index (χ1v) is 4.87. The second-order valence-electron chi connectivity index (χ2n) is 2.63. The normalized spacial score (nSPS) is 11.2. The van der Waals surface area contributed by atoms with Crippen molar-refractivity contribution in [2.45, 2.75) is 0 Å². The van der Waals surface area contributed by atoms with Gasteiger partial charge >= 0.3 is 0 Å². The van der Waals surface area contributed by atoms with Crippen LogP contribution in [0.1, 0.15) is 5.56 Å². The van der Waals surface area contributed by atoms with Crippen LogP contribution in [0.4, 0.5) is 0 Å². The molecule has 0 aromatic heterocycles. The molecule has 3 heteroatoms. The lowest BCUT2D eigenvalue weighted by Gasteiger charge is -2.07. The molecular formula is C11H11ClOS. The van der Waals surface area contributed by atoms with Gasteiger partial charge in [0.2, 0.25) is 0 Å². The van der Waals surface area contributed by atoms with Gasteiger partial charge in [-0.3, -0.25) is 0 Å². The third kappa shape index (κ3) is 2.56. The van der Waals surface area contributed by atoms with Gasteiger partial charge in [0.25, 0.3) is 0 Å². The van der Waals surface area contributed by atoms with E-state index in [1.165, 1.54) is 0 Å². The van der Waals surface area contributed by atoms with E-state index in [1.54, 1.807) is 25.3 Å². The minimum absolute atomic E-state index is 0.657. The van der Waals surface area contributed by atoms with Crippen molar-refractivity contribution < 1.29 is 4.74 Å². The summed E-state index contributed by atoms with van der Waals surface area (Å²) in [5.41, 5.74) is 0.864. The van der Waals surface area contributed by atoms with Gasteiger partial charge in [0.15, 0.2) is 0 Å². The Kier molecular flexibility index (Phi) is 4.11. The number of benzene rings is 1. The van der Waals surface area contributed by atoms with Crippen LogP contribution < -0.4 is 4.74 Å². The van der Waals surface area contributed by atoms with Crippen molar-refractivity contribution in [3.63, 3.8) is 0 Å². The molecule has 0 unspecified atom stereocenters. The minimum Gasteiger partial charge on any atom is -0.496 e. The number of thiol groups is 1. The maximum Gasteiger partial charge on any atom is 0.127 e. The molecule has 0 heterocycles. The molecule has 0 aliphatic rings. The number of halogens is 1. The summed E-state index contributed by atoms with van der Waals surface area (Å²) >= 11 is 10.2. The van der Waals surface area contributed by atoms with Crippen LogP contribution in [0.5, 0.6) is 5.75 Å². The molecule has 0 aliphatic heterocycles. The van der Waals surface area contributed by atoms with Crippen molar-refractivity contribution in [3.8, 4) is 5.75 Å². The first-order chi connectivity index (χ1) is 6.69. The van der Waals surface area contributed by atoms with Crippen molar-refractivity contribution in [1.29, 1.82) is 0 Å². The van der Waals surface area contributed by atoms with E-state index in [9.17, 15) is 0 Å². The third-order valence-corrected chi connectivity index (χ3v) is 2.34. The van der Waals surface area contributed by atoms with Gasteiger partial charge in [-0.1, -0.05) is 24.3 Å². The van der Waals surface area contributed by atoms with Gasteiger partial charge in [0.05, 0.1) is 7.11 Å². The van der Waals surface area contributed by atoms with E-state index >= 15 is 0 Å². The van der Waals surface area contributed by atoms with Gasteiger partial charge in [-0.2, -0.15) is 0 Å². The Hall–Kier alpha value is -0.860. The van der Waals surface area contributed by atoms with Gasteiger partial charge in [-0.05, 0) is 24.3 Å². The van der Waals surface area contributed by atoms with Gasteiger partial charge < -0.3 is 4.74 Å². The molecule has 0 N–H and O–H groups in total. The fraction of sp³-hybridized carbons (Fsp3) is 0.0909. The molecule has 0 saturated heterocycles. The van der Waals surface area contributed by atoms with Crippen LogP contribution in [0.15, 0.2) is 36.9 Å². The average Bonchev–Trinajstić information content (AvgIpc) is 2.18. The second kappa shape index (κ2) is 5.13. The zero-order chi connectivity index (χ0) is 10.6. The van der Waals surface area contributed by atoms with Gasteiger partial charge in [-0.25, -0.2) is 0 Å². The van der Waals surface area contributed by atoms with Crippen molar-refractivity contribution >= 4 is 29.1 Å². The minimum atomic E-state index is 0.657. The highest BCUT2D eigenvalue weighted by molar-refractivity contribution is 7.90. The van der Waals surface area contributed by atoms with Crippen LogP contribution in [0.2, 0.25) is 5.02 Å². The van der Waals surface area contributed by atoms with Crippen molar-refractivity contribution in [2.75, 3.05) is 7.11 Å². The highest BCUT2D eigenvalue weighted by Crippen LogP contribution is 2.30. The first kappa shape index (κ1) is 11.2. The maximum absolute atomic E-state index is 5.88. The Morgan fingerprint density at radius 1 is 1.57 bits per heavy atom. The largest absolute Gasteiger partial charge is 0.496 e. The number of methoxy groups -OCH3 is 1. The SMILES string of the molecule is C=C/C=C(\S)c1cc(Cl)ccc1OC. The molecule has 0 bridgehead atoms. The molecule has 14 heavy (non-hydrogen) atoms. The highest BCUT2D eigenvalue weighted by atomic mass is 35.5. The van der Waals surface area contributed by atoms with Crippen LogP contribution in [-0.4, -0.2) is 7.11 Å². The predicted octanol–water partition coefficient (Wildman–Crippen LogP) is 3.81. The Balaban J connectivity index is 3.23. The fourth-order valence-corrected chi connectivity index (χ4v) is 1.53. The van der Waals surface area contributed by atoms with Crippen molar-refractivity contribution in [3.05, 3.63) is 47.5 Å². The topological polar surface area (TPSA) is 9.23 Å². The summed E-state index contributed by atoms with van der Waals surface area (Å²) in [7, 11) is 1.61. The lowest BCUT2D eigenvalue weighted by Crippen LogP contribution is -1.88. The second-order valence-corrected chi connectivity index (χ2v) is 3.55. The summed E-state index contributed by atoms with van der Waals surface area (Å²) in [5.74, 6) is 0.748. The maximum atomic E-state index is 5.88. The molecular weight excluding hydrogens is 216 g/mol. The molecule has 0 radical (unpaired) electrons. The molecule has 1 nitrogen and oxygen atoms in total. The van der Waals surface area contributed by atoms with E-state index in [0.29, 0.717) is 5.02 Å². The molecule has 0 fully saturated rings. The molecule has 0 saturated carbocycles. The van der Waals surface area contributed by atoms with E-state index in [-0.39, 0.29) is 0 Å². The fourth-order valence-electron chi connectivity index (χ4n) is 1.08. The Labute approximate surface area is 94.4 Å².